The topological polar surface area (TPSA) is 49.4 Å². The molecular formula is C19H20Cl2N2O2. The molecule has 6 heteroatoms. The summed E-state index contributed by atoms with van der Waals surface area (Å²) in [5.41, 5.74) is 3.13. The Labute approximate surface area is 157 Å². The highest BCUT2D eigenvalue weighted by molar-refractivity contribution is 6.31. The zero-order valence-electron chi connectivity index (χ0n) is 14.4. The number of hydrogen-bond acceptors (Lipinski definition) is 2. The van der Waals surface area contributed by atoms with Gasteiger partial charge in [-0.2, -0.15) is 0 Å². The van der Waals surface area contributed by atoms with Crippen LogP contribution in [0.1, 0.15) is 24.5 Å². The number of nitrogens with one attached hydrogen (secondary N) is 1. The molecule has 132 valence electrons. The fourth-order valence-electron chi connectivity index (χ4n) is 2.53. The van der Waals surface area contributed by atoms with Crippen LogP contribution in [0, 0.1) is 13.8 Å². The molecule has 0 heterocycles. The quantitative estimate of drug-likeness (QED) is 0.796. The van der Waals surface area contributed by atoms with Crippen molar-refractivity contribution in [3.63, 3.8) is 0 Å². The van der Waals surface area contributed by atoms with Crippen LogP contribution in [0.3, 0.4) is 0 Å². The highest BCUT2D eigenvalue weighted by atomic mass is 35.5. The highest BCUT2D eigenvalue weighted by Gasteiger charge is 2.16. The van der Waals surface area contributed by atoms with Crippen LogP contribution in [0.2, 0.25) is 10.0 Å². The average molecular weight is 379 g/mol. The van der Waals surface area contributed by atoms with Gasteiger partial charge in [0.1, 0.15) is 0 Å². The van der Waals surface area contributed by atoms with Gasteiger partial charge in [0.25, 0.3) is 0 Å². The fourth-order valence-corrected chi connectivity index (χ4v) is 2.93. The van der Waals surface area contributed by atoms with Crippen LogP contribution in [0.25, 0.3) is 0 Å². The summed E-state index contributed by atoms with van der Waals surface area (Å²) in [6.07, 6.45) is 0.174. The average Bonchev–Trinajstić information content (AvgIpc) is 2.54. The maximum atomic E-state index is 12.3. The summed E-state index contributed by atoms with van der Waals surface area (Å²) in [5.74, 6) is -0.308. The minimum Gasteiger partial charge on any atom is -0.326 e. The first-order valence-electron chi connectivity index (χ1n) is 7.89. The zero-order valence-corrected chi connectivity index (χ0v) is 15.9. The van der Waals surface area contributed by atoms with E-state index in [2.05, 4.69) is 5.32 Å². The molecule has 1 N–H and O–H groups in total. The summed E-state index contributed by atoms with van der Waals surface area (Å²) in [6.45, 7) is 5.47. The Morgan fingerprint density at radius 3 is 2.48 bits per heavy atom. The first-order valence-corrected chi connectivity index (χ1v) is 8.64. The second kappa shape index (κ2) is 8.37. The number of carbonyl (C=O) groups is 2. The van der Waals surface area contributed by atoms with Gasteiger partial charge in [-0.05, 0) is 55.3 Å². The van der Waals surface area contributed by atoms with Gasteiger partial charge in [0.2, 0.25) is 11.8 Å². The number of rotatable bonds is 5. The summed E-state index contributed by atoms with van der Waals surface area (Å²) in [5, 5.41) is 4.06. The normalized spacial score (nSPS) is 10.4. The number of benzene rings is 2. The van der Waals surface area contributed by atoms with Crippen molar-refractivity contribution in [2.45, 2.75) is 27.2 Å². The fraction of sp³-hybridized carbons (Fsp3) is 0.263. The molecule has 0 atom stereocenters. The SMILES string of the molecule is CC(=O)N(CCC(=O)Nc1ccc(Cl)cc1C)c1cccc(Cl)c1C. The van der Waals surface area contributed by atoms with Gasteiger partial charge in [-0.3, -0.25) is 9.59 Å². The number of halogens is 2. The van der Waals surface area contributed by atoms with Crippen LogP contribution in [0.5, 0.6) is 0 Å². The zero-order chi connectivity index (χ0) is 18.6. The summed E-state index contributed by atoms with van der Waals surface area (Å²) in [7, 11) is 0. The molecule has 4 nitrogen and oxygen atoms in total. The van der Waals surface area contributed by atoms with E-state index in [1.807, 2.05) is 19.9 Å². The molecule has 2 amide bonds. The maximum absolute atomic E-state index is 12.3. The first kappa shape index (κ1) is 19.3. The molecule has 0 fully saturated rings. The molecule has 2 aromatic carbocycles. The molecule has 0 saturated carbocycles. The largest absolute Gasteiger partial charge is 0.326 e. The molecule has 0 aliphatic heterocycles. The number of nitrogens with zero attached hydrogens (tertiary/aromatic N) is 1. The van der Waals surface area contributed by atoms with Crippen molar-refractivity contribution in [3.8, 4) is 0 Å². The molecule has 0 aliphatic carbocycles. The molecule has 0 radical (unpaired) electrons. The van der Waals surface area contributed by atoms with E-state index >= 15 is 0 Å². The van der Waals surface area contributed by atoms with Crippen molar-refractivity contribution in [3.05, 3.63) is 57.6 Å². The molecular weight excluding hydrogens is 359 g/mol. The van der Waals surface area contributed by atoms with Gasteiger partial charge < -0.3 is 10.2 Å². The van der Waals surface area contributed by atoms with Gasteiger partial charge in [-0.25, -0.2) is 0 Å². The predicted octanol–water partition coefficient (Wildman–Crippen LogP) is 4.99. The summed E-state index contributed by atoms with van der Waals surface area (Å²) in [6, 6.07) is 10.7. The van der Waals surface area contributed by atoms with Crippen molar-refractivity contribution >= 4 is 46.4 Å². The van der Waals surface area contributed by atoms with Crippen molar-refractivity contribution < 1.29 is 9.59 Å². The molecule has 0 saturated heterocycles. The Kier molecular flexibility index (Phi) is 6.45. The van der Waals surface area contributed by atoms with E-state index in [9.17, 15) is 9.59 Å². The van der Waals surface area contributed by atoms with E-state index in [0.29, 0.717) is 15.7 Å². The Morgan fingerprint density at radius 2 is 1.84 bits per heavy atom. The molecule has 0 spiro atoms. The van der Waals surface area contributed by atoms with Crippen molar-refractivity contribution in [2.24, 2.45) is 0 Å². The molecule has 2 aromatic rings. The predicted molar refractivity (Wildman–Crippen MR) is 104 cm³/mol. The van der Waals surface area contributed by atoms with Gasteiger partial charge in [0.05, 0.1) is 0 Å². The number of anilines is 2. The van der Waals surface area contributed by atoms with Crippen molar-refractivity contribution in [1.82, 2.24) is 0 Å². The minimum absolute atomic E-state index is 0.138. The molecule has 2 rings (SSSR count). The third-order valence-electron chi connectivity index (χ3n) is 3.94. The Balaban J connectivity index is 2.07. The molecule has 0 unspecified atom stereocenters. The Bertz CT molecular complexity index is 806. The van der Waals surface area contributed by atoms with E-state index in [-0.39, 0.29) is 24.8 Å². The van der Waals surface area contributed by atoms with Gasteiger partial charge in [-0.1, -0.05) is 29.3 Å². The van der Waals surface area contributed by atoms with E-state index in [1.54, 1.807) is 35.2 Å². The van der Waals surface area contributed by atoms with E-state index in [0.717, 1.165) is 16.8 Å². The standard InChI is InChI=1S/C19H20Cl2N2O2/c1-12-11-15(20)7-8-17(12)22-19(25)9-10-23(14(3)24)18-6-4-5-16(21)13(18)2/h4-8,11H,9-10H2,1-3H3,(H,22,25). The third-order valence-corrected chi connectivity index (χ3v) is 4.58. The van der Waals surface area contributed by atoms with E-state index in [4.69, 9.17) is 23.2 Å². The maximum Gasteiger partial charge on any atom is 0.226 e. The van der Waals surface area contributed by atoms with Crippen LogP contribution in [-0.4, -0.2) is 18.4 Å². The smallest absolute Gasteiger partial charge is 0.226 e. The number of amides is 2. The van der Waals surface area contributed by atoms with Crippen LogP contribution < -0.4 is 10.2 Å². The van der Waals surface area contributed by atoms with E-state index in [1.165, 1.54) is 6.92 Å². The van der Waals surface area contributed by atoms with Crippen LogP contribution in [0.4, 0.5) is 11.4 Å². The monoisotopic (exact) mass is 378 g/mol. The summed E-state index contributed by atoms with van der Waals surface area (Å²) in [4.78, 5) is 25.8. The van der Waals surface area contributed by atoms with Gasteiger partial charge in [-0.15, -0.1) is 0 Å². The second-order valence-electron chi connectivity index (χ2n) is 5.81. The first-order chi connectivity index (χ1) is 11.8. The van der Waals surface area contributed by atoms with Crippen LogP contribution >= 0.6 is 23.2 Å². The van der Waals surface area contributed by atoms with Crippen molar-refractivity contribution in [1.29, 1.82) is 0 Å². The second-order valence-corrected chi connectivity index (χ2v) is 6.66. The lowest BCUT2D eigenvalue weighted by Crippen LogP contribution is -2.32. The lowest BCUT2D eigenvalue weighted by atomic mass is 10.1. The molecule has 0 bridgehead atoms. The molecule has 0 aromatic heterocycles. The van der Waals surface area contributed by atoms with Crippen LogP contribution in [0.15, 0.2) is 36.4 Å². The molecule has 25 heavy (non-hydrogen) atoms. The number of hydrogen-bond donors (Lipinski definition) is 1. The highest BCUT2D eigenvalue weighted by Crippen LogP contribution is 2.27. The van der Waals surface area contributed by atoms with E-state index < -0.39 is 0 Å². The number of carbonyl (C=O) groups excluding carboxylic acids is 2. The summed E-state index contributed by atoms with van der Waals surface area (Å²) >= 11 is 12.1. The third kappa shape index (κ3) is 4.97. The lowest BCUT2D eigenvalue weighted by molar-refractivity contribution is -0.117. The van der Waals surface area contributed by atoms with Gasteiger partial charge >= 0.3 is 0 Å². The minimum atomic E-state index is -0.170. The van der Waals surface area contributed by atoms with Gasteiger partial charge in [0.15, 0.2) is 0 Å². The molecule has 0 aliphatic rings. The Morgan fingerprint density at radius 1 is 1.12 bits per heavy atom. The van der Waals surface area contributed by atoms with Gasteiger partial charge in [0, 0.05) is 41.3 Å². The summed E-state index contributed by atoms with van der Waals surface area (Å²) < 4.78 is 0. The lowest BCUT2D eigenvalue weighted by Gasteiger charge is -2.23. The number of aryl methyl sites for hydroxylation is 1. The van der Waals surface area contributed by atoms with Crippen LogP contribution in [-0.2, 0) is 9.59 Å². The Hall–Kier alpha value is -2.04. The van der Waals surface area contributed by atoms with Crippen molar-refractivity contribution in [2.75, 3.05) is 16.8 Å².